The molecule has 77 heavy (non-hydrogen) atoms. The van der Waals surface area contributed by atoms with Crippen LogP contribution in [0.2, 0.25) is 0 Å². The third-order valence-corrected chi connectivity index (χ3v) is 15.0. The summed E-state index contributed by atoms with van der Waals surface area (Å²) in [4.78, 5) is 38.2. The Morgan fingerprint density at radius 3 is 0.727 bits per heavy atom. The highest BCUT2D eigenvalue weighted by atomic mass is 16.6. The van der Waals surface area contributed by atoms with Gasteiger partial charge in [-0.3, -0.25) is 14.4 Å². The fourth-order valence-electron chi connectivity index (χ4n) is 9.89. The number of carbonyl (C=O) groups excluding carboxylic acids is 3. The fraction of sp³-hybridized carbons (Fsp3) is 0.817. The Balaban J connectivity index is 4.17. The number of rotatable bonds is 62. The summed E-state index contributed by atoms with van der Waals surface area (Å²) in [6, 6.07) is 0. The van der Waals surface area contributed by atoms with Gasteiger partial charge in [0.2, 0.25) is 0 Å². The van der Waals surface area contributed by atoms with Gasteiger partial charge in [-0.05, 0) is 89.9 Å². The molecule has 0 spiro atoms. The molecule has 0 amide bonds. The third kappa shape index (κ3) is 63.8. The van der Waals surface area contributed by atoms with Crippen molar-refractivity contribution in [3.05, 3.63) is 60.8 Å². The lowest BCUT2D eigenvalue weighted by molar-refractivity contribution is -0.167. The second-order valence-corrected chi connectivity index (χ2v) is 22.7. The van der Waals surface area contributed by atoms with Gasteiger partial charge in [0.15, 0.2) is 6.10 Å². The minimum atomic E-state index is -0.774. The molecule has 0 aromatic carbocycles. The molecular formula is C71H128O6. The Bertz CT molecular complexity index is 1380. The van der Waals surface area contributed by atoms with Gasteiger partial charge in [0, 0.05) is 19.3 Å². The van der Waals surface area contributed by atoms with E-state index in [0.717, 1.165) is 77.0 Å². The number of carbonyl (C=O) groups is 3. The molecule has 0 rings (SSSR count). The van der Waals surface area contributed by atoms with Gasteiger partial charge >= 0.3 is 17.9 Å². The molecule has 1 atom stereocenters. The summed E-state index contributed by atoms with van der Waals surface area (Å²) in [6.45, 7) is 6.64. The molecule has 0 aliphatic rings. The summed E-state index contributed by atoms with van der Waals surface area (Å²) in [7, 11) is 0. The molecule has 0 radical (unpaired) electrons. The predicted molar refractivity (Wildman–Crippen MR) is 335 cm³/mol. The van der Waals surface area contributed by atoms with E-state index in [0.29, 0.717) is 19.3 Å². The molecule has 448 valence electrons. The normalized spacial score (nSPS) is 12.4. The van der Waals surface area contributed by atoms with Crippen LogP contribution in [0.3, 0.4) is 0 Å². The first-order chi connectivity index (χ1) is 38.0. The molecule has 1 unspecified atom stereocenters. The van der Waals surface area contributed by atoms with E-state index in [4.69, 9.17) is 14.2 Å². The highest BCUT2D eigenvalue weighted by Crippen LogP contribution is 2.17. The van der Waals surface area contributed by atoms with Gasteiger partial charge in [0.1, 0.15) is 13.2 Å². The van der Waals surface area contributed by atoms with Crippen molar-refractivity contribution in [3.8, 4) is 0 Å². The van der Waals surface area contributed by atoms with E-state index in [-0.39, 0.29) is 31.1 Å². The van der Waals surface area contributed by atoms with Gasteiger partial charge in [0.05, 0.1) is 0 Å². The van der Waals surface area contributed by atoms with Crippen LogP contribution in [0.25, 0.3) is 0 Å². The minimum absolute atomic E-state index is 0.0720. The summed E-state index contributed by atoms with van der Waals surface area (Å²) in [5, 5.41) is 0. The standard InChI is InChI=1S/C71H128O6/c1-4-7-10-13-16-19-21-23-25-27-29-31-33-34-35-36-38-39-41-43-45-47-49-52-55-58-61-64-70(73)76-67-68(66-75-69(72)63-60-57-54-51-18-15-12-9-6-3)77-71(74)65-62-59-56-53-50-48-46-44-42-40-37-32-30-28-26-24-22-20-17-14-11-8-5-2/h21-24,27-30,33-34,68H,4-20,25-26,31-32,35-67H2,1-3H3/b23-21-,24-22-,29-27-,30-28-,34-33-. The zero-order valence-corrected chi connectivity index (χ0v) is 51.5. The van der Waals surface area contributed by atoms with Crippen LogP contribution in [0.5, 0.6) is 0 Å². The summed E-state index contributed by atoms with van der Waals surface area (Å²) in [5.41, 5.74) is 0. The number of ether oxygens (including phenoxy) is 3. The zero-order valence-electron chi connectivity index (χ0n) is 51.5. The first-order valence-corrected chi connectivity index (χ1v) is 33.8. The second kappa shape index (κ2) is 65.6. The SMILES string of the molecule is CCCCCCC/C=C\C/C=C\C/C=C\CCCCCCCCCCCCCCC(=O)OCC(COC(=O)CCCCCCCCCCC)OC(=O)CCCCCCCCCCCCC/C=C\C/C=C\CCCCCCC. The number of hydrogen-bond donors (Lipinski definition) is 0. The lowest BCUT2D eigenvalue weighted by atomic mass is 10.0. The zero-order chi connectivity index (χ0) is 55.7. The molecule has 6 nitrogen and oxygen atoms in total. The number of unbranched alkanes of at least 4 members (excludes halogenated alkanes) is 41. The maximum absolute atomic E-state index is 12.9. The predicted octanol–water partition coefficient (Wildman–Crippen LogP) is 23.1. The summed E-state index contributed by atoms with van der Waals surface area (Å²) >= 11 is 0. The van der Waals surface area contributed by atoms with Crippen LogP contribution in [-0.4, -0.2) is 37.2 Å². The van der Waals surface area contributed by atoms with Crippen molar-refractivity contribution in [1.82, 2.24) is 0 Å². The molecule has 0 heterocycles. The van der Waals surface area contributed by atoms with Crippen molar-refractivity contribution in [3.63, 3.8) is 0 Å². The van der Waals surface area contributed by atoms with E-state index in [9.17, 15) is 14.4 Å². The maximum atomic E-state index is 12.9. The molecule has 0 N–H and O–H groups in total. The number of allylic oxidation sites excluding steroid dienone is 10. The Morgan fingerprint density at radius 2 is 0.468 bits per heavy atom. The van der Waals surface area contributed by atoms with Crippen molar-refractivity contribution in [2.24, 2.45) is 0 Å². The van der Waals surface area contributed by atoms with Crippen molar-refractivity contribution in [2.75, 3.05) is 13.2 Å². The van der Waals surface area contributed by atoms with Crippen LogP contribution < -0.4 is 0 Å². The average Bonchev–Trinajstić information content (AvgIpc) is 3.43. The van der Waals surface area contributed by atoms with E-state index in [1.54, 1.807) is 0 Å². The highest BCUT2D eigenvalue weighted by molar-refractivity contribution is 5.71. The van der Waals surface area contributed by atoms with Crippen LogP contribution >= 0.6 is 0 Å². The minimum Gasteiger partial charge on any atom is -0.462 e. The van der Waals surface area contributed by atoms with Crippen molar-refractivity contribution in [1.29, 1.82) is 0 Å². The molecule has 0 saturated heterocycles. The Hall–Kier alpha value is -2.89. The van der Waals surface area contributed by atoms with Gasteiger partial charge in [-0.1, -0.05) is 306 Å². The van der Waals surface area contributed by atoms with Gasteiger partial charge < -0.3 is 14.2 Å². The Labute approximate surface area is 479 Å². The molecule has 0 fully saturated rings. The van der Waals surface area contributed by atoms with Gasteiger partial charge in [-0.25, -0.2) is 0 Å². The largest absolute Gasteiger partial charge is 0.462 e. The van der Waals surface area contributed by atoms with E-state index in [1.807, 2.05) is 0 Å². The highest BCUT2D eigenvalue weighted by Gasteiger charge is 2.19. The maximum Gasteiger partial charge on any atom is 0.306 e. The van der Waals surface area contributed by atoms with Crippen LogP contribution in [-0.2, 0) is 28.6 Å². The summed E-state index contributed by atoms with van der Waals surface area (Å²) < 4.78 is 16.9. The first-order valence-electron chi connectivity index (χ1n) is 33.8. The lowest BCUT2D eigenvalue weighted by Gasteiger charge is -2.18. The topological polar surface area (TPSA) is 78.9 Å². The van der Waals surface area contributed by atoms with E-state index >= 15 is 0 Å². The van der Waals surface area contributed by atoms with Crippen molar-refractivity contribution < 1.29 is 28.6 Å². The first kappa shape index (κ1) is 74.1. The molecule has 6 heteroatoms. The smallest absolute Gasteiger partial charge is 0.306 e. The van der Waals surface area contributed by atoms with Gasteiger partial charge in [-0.15, -0.1) is 0 Å². The van der Waals surface area contributed by atoms with E-state index in [1.165, 1.54) is 238 Å². The second-order valence-electron chi connectivity index (χ2n) is 22.7. The third-order valence-electron chi connectivity index (χ3n) is 15.0. The number of esters is 3. The lowest BCUT2D eigenvalue weighted by Crippen LogP contribution is -2.30. The van der Waals surface area contributed by atoms with Crippen LogP contribution in [0.4, 0.5) is 0 Å². The van der Waals surface area contributed by atoms with Gasteiger partial charge in [-0.2, -0.15) is 0 Å². The fourth-order valence-corrected chi connectivity index (χ4v) is 9.89. The number of hydrogen-bond acceptors (Lipinski definition) is 6. The molecule has 0 bridgehead atoms. The van der Waals surface area contributed by atoms with Gasteiger partial charge in [0.25, 0.3) is 0 Å². The van der Waals surface area contributed by atoms with Crippen molar-refractivity contribution >= 4 is 17.9 Å². The Morgan fingerprint density at radius 1 is 0.260 bits per heavy atom. The molecule has 0 aliphatic carbocycles. The summed E-state index contributed by atoms with van der Waals surface area (Å²) in [5.74, 6) is -0.860. The molecular weight excluding hydrogens is 949 g/mol. The monoisotopic (exact) mass is 1080 g/mol. The quantitative estimate of drug-likeness (QED) is 0.0261. The van der Waals surface area contributed by atoms with Crippen molar-refractivity contribution in [2.45, 2.75) is 361 Å². The van der Waals surface area contributed by atoms with Crippen LogP contribution in [0.15, 0.2) is 60.8 Å². The molecule has 0 saturated carbocycles. The van der Waals surface area contributed by atoms with Crippen LogP contribution in [0.1, 0.15) is 355 Å². The summed E-state index contributed by atoms with van der Waals surface area (Å²) in [6.07, 6.45) is 83.9. The molecule has 0 aliphatic heterocycles. The molecule has 0 aromatic rings. The average molecular weight is 1080 g/mol. The van der Waals surface area contributed by atoms with E-state index < -0.39 is 6.10 Å². The Kier molecular flexibility index (Phi) is 63.2. The van der Waals surface area contributed by atoms with Crippen LogP contribution in [0, 0.1) is 0 Å². The van der Waals surface area contributed by atoms with E-state index in [2.05, 4.69) is 81.5 Å². The molecule has 0 aromatic heterocycles.